The van der Waals surface area contributed by atoms with Gasteiger partial charge in [-0.25, -0.2) is 13.8 Å². The number of carbonyl (C=O) groups is 2. The standard InChI is InChI=1S/C30H33F2N5O3/c31-19-9-10-21(23(32)16-19)25-17-34-29(40-25)28(39)35-24-11-15-37(20-6-2-1-3-7-20)18-22(24)27(38)36-30(12-13-30)26-8-4-5-14-33-26/h4-5,8-10,14,16-17,20,22,24H,1-3,6-7,11-13,15,18H2,(H,35,39)(H,36,38)/t22-,24-/m1/s1. The molecule has 6 rings (SSSR count). The summed E-state index contributed by atoms with van der Waals surface area (Å²) in [5.41, 5.74) is 0.399. The Morgan fingerprint density at radius 1 is 1.02 bits per heavy atom. The fraction of sp³-hybridized carbons (Fsp3) is 0.467. The molecule has 10 heteroatoms. The minimum absolute atomic E-state index is 0.00949. The molecular weight excluding hydrogens is 516 g/mol. The minimum atomic E-state index is -0.808. The highest BCUT2D eigenvalue weighted by atomic mass is 19.1. The molecule has 0 unspecified atom stereocenters. The number of amides is 2. The first-order valence-corrected chi connectivity index (χ1v) is 14.1. The quantitative estimate of drug-likeness (QED) is 0.448. The van der Waals surface area contributed by atoms with Crippen LogP contribution < -0.4 is 10.6 Å². The number of benzene rings is 1. The van der Waals surface area contributed by atoms with Crippen LogP contribution in [0.25, 0.3) is 11.3 Å². The lowest BCUT2D eigenvalue weighted by Crippen LogP contribution is -2.58. The molecular formula is C30H33F2N5O3. The molecule has 2 aromatic heterocycles. The maximum atomic E-state index is 14.2. The SMILES string of the molecule is O=C(N[C@@H]1CCN(C2CCCCC2)C[C@H]1C(=O)NC1(c2ccccn2)CC1)c1ncc(-c2ccc(F)cc2F)o1. The van der Waals surface area contributed by atoms with Crippen molar-refractivity contribution in [2.45, 2.75) is 69.0 Å². The van der Waals surface area contributed by atoms with E-state index in [1.165, 1.54) is 31.5 Å². The average Bonchev–Trinajstić information content (AvgIpc) is 3.59. The summed E-state index contributed by atoms with van der Waals surface area (Å²) in [6.07, 6.45) is 11.1. The second kappa shape index (κ2) is 11.1. The number of rotatable bonds is 7. The Morgan fingerprint density at radius 3 is 2.58 bits per heavy atom. The molecule has 2 aliphatic carbocycles. The van der Waals surface area contributed by atoms with Gasteiger partial charge in [-0.2, -0.15) is 0 Å². The zero-order valence-corrected chi connectivity index (χ0v) is 22.2. The monoisotopic (exact) mass is 549 g/mol. The van der Waals surface area contributed by atoms with Crippen molar-refractivity contribution in [3.63, 3.8) is 0 Å². The molecule has 1 aliphatic heterocycles. The van der Waals surface area contributed by atoms with E-state index in [0.29, 0.717) is 19.0 Å². The van der Waals surface area contributed by atoms with Crippen LogP contribution in [-0.2, 0) is 10.3 Å². The maximum absolute atomic E-state index is 14.2. The first-order valence-electron chi connectivity index (χ1n) is 14.1. The van der Waals surface area contributed by atoms with Crippen LogP contribution in [-0.4, -0.2) is 51.9 Å². The van der Waals surface area contributed by atoms with E-state index in [9.17, 15) is 18.4 Å². The highest BCUT2D eigenvalue weighted by Crippen LogP contribution is 2.45. The number of hydrogen-bond acceptors (Lipinski definition) is 6. The number of nitrogens with one attached hydrogen (secondary N) is 2. The summed E-state index contributed by atoms with van der Waals surface area (Å²) in [7, 11) is 0. The number of aromatic nitrogens is 2. The van der Waals surface area contributed by atoms with Crippen LogP contribution in [0.5, 0.6) is 0 Å². The fourth-order valence-electron chi connectivity index (χ4n) is 6.16. The van der Waals surface area contributed by atoms with Gasteiger partial charge in [-0.15, -0.1) is 0 Å². The summed E-state index contributed by atoms with van der Waals surface area (Å²) in [5.74, 6) is -2.88. The van der Waals surface area contributed by atoms with Gasteiger partial charge in [0.1, 0.15) is 11.6 Å². The lowest BCUT2D eigenvalue weighted by atomic mass is 9.86. The van der Waals surface area contributed by atoms with Crippen LogP contribution in [0, 0.1) is 17.6 Å². The van der Waals surface area contributed by atoms with E-state index in [-0.39, 0.29) is 23.1 Å². The van der Waals surface area contributed by atoms with Crippen LogP contribution in [0.4, 0.5) is 8.78 Å². The molecule has 3 heterocycles. The lowest BCUT2D eigenvalue weighted by molar-refractivity contribution is -0.129. The largest absolute Gasteiger partial charge is 0.432 e. The predicted octanol–water partition coefficient (Wildman–Crippen LogP) is 4.57. The van der Waals surface area contributed by atoms with Crippen LogP contribution in [0.2, 0.25) is 0 Å². The molecule has 2 atom stereocenters. The van der Waals surface area contributed by atoms with Gasteiger partial charge in [0.15, 0.2) is 5.76 Å². The van der Waals surface area contributed by atoms with Gasteiger partial charge in [0.25, 0.3) is 5.89 Å². The summed E-state index contributed by atoms with van der Waals surface area (Å²) in [5, 5.41) is 6.24. The van der Waals surface area contributed by atoms with Crippen molar-refractivity contribution >= 4 is 11.8 Å². The highest BCUT2D eigenvalue weighted by Gasteiger charge is 2.49. The molecule has 1 saturated heterocycles. The topological polar surface area (TPSA) is 100 Å². The highest BCUT2D eigenvalue weighted by molar-refractivity contribution is 5.91. The van der Waals surface area contributed by atoms with Gasteiger partial charge in [-0.3, -0.25) is 19.5 Å². The Labute approximate surface area is 231 Å². The molecule has 8 nitrogen and oxygen atoms in total. The predicted molar refractivity (Wildman–Crippen MR) is 143 cm³/mol. The lowest BCUT2D eigenvalue weighted by Gasteiger charge is -2.43. The zero-order chi connectivity index (χ0) is 27.7. The van der Waals surface area contributed by atoms with Crippen LogP contribution in [0.15, 0.2) is 53.2 Å². The number of likely N-dealkylation sites (tertiary alicyclic amines) is 1. The van der Waals surface area contributed by atoms with E-state index < -0.39 is 35.0 Å². The van der Waals surface area contributed by atoms with Crippen molar-refractivity contribution in [2.24, 2.45) is 5.92 Å². The van der Waals surface area contributed by atoms with E-state index >= 15 is 0 Å². The first-order chi connectivity index (χ1) is 19.4. The van der Waals surface area contributed by atoms with Gasteiger partial charge in [0.05, 0.1) is 28.9 Å². The molecule has 210 valence electrons. The van der Waals surface area contributed by atoms with Crippen molar-refractivity contribution in [2.75, 3.05) is 13.1 Å². The molecule has 0 radical (unpaired) electrons. The van der Waals surface area contributed by atoms with Crippen molar-refractivity contribution in [1.29, 1.82) is 0 Å². The number of halogens is 2. The summed E-state index contributed by atoms with van der Waals surface area (Å²) in [4.78, 5) is 37.9. The Balaban J connectivity index is 1.19. The number of hydrogen-bond donors (Lipinski definition) is 2. The van der Waals surface area contributed by atoms with E-state index in [0.717, 1.165) is 50.1 Å². The summed E-state index contributed by atoms with van der Waals surface area (Å²) < 4.78 is 33.1. The molecule has 1 aromatic carbocycles. The molecule has 2 N–H and O–H groups in total. The number of piperidine rings is 1. The third-order valence-corrected chi connectivity index (χ3v) is 8.55. The first kappa shape index (κ1) is 26.6. The Hall–Kier alpha value is -3.66. The molecule has 3 aliphatic rings. The van der Waals surface area contributed by atoms with Gasteiger partial charge in [0, 0.05) is 37.4 Å². The van der Waals surface area contributed by atoms with Gasteiger partial charge < -0.3 is 15.1 Å². The average molecular weight is 550 g/mol. The normalized spacial score (nSPS) is 22.9. The number of carbonyl (C=O) groups excluding carboxylic acids is 2. The molecule has 0 spiro atoms. The molecule has 2 saturated carbocycles. The van der Waals surface area contributed by atoms with Gasteiger partial charge in [0.2, 0.25) is 5.91 Å². The Morgan fingerprint density at radius 2 is 1.85 bits per heavy atom. The van der Waals surface area contributed by atoms with Crippen LogP contribution in [0.3, 0.4) is 0 Å². The fourth-order valence-corrected chi connectivity index (χ4v) is 6.16. The van der Waals surface area contributed by atoms with Gasteiger partial charge >= 0.3 is 5.91 Å². The molecule has 3 fully saturated rings. The third-order valence-electron chi connectivity index (χ3n) is 8.55. The van der Waals surface area contributed by atoms with Crippen molar-refractivity contribution in [3.8, 4) is 11.3 Å². The zero-order valence-electron chi connectivity index (χ0n) is 22.2. The van der Waals surface area contributed by atoms with Gasteiger partial charge in [-0.1, -0.05) is 25.3 Å². The van der Waals surface area contributed by atoms with E-state index in [4.69, 9.17) is 4.42 Å². The Bertz CT molecular complexity index is 1370. The number of nitrogens with zero attached hydrogens (tertiary/aromatic N) is 3. The van der Waals surface area contributed by atoms with Crippen molar-refractivity contribution in [1.82, 2.24) is 25.5 Å². The maximum Gasteiger partial charge on any atom is 0.307 e. The minimum Gasteiger partial charge on any atom is -0.432 e. The molecule has 0 bridgehead atoms. The summed E-state index contributed by atoms with van der Waals surface area (Å²) in [6.45, 7) is 1.33. The van der Waals surface area contributed by atoms with E-state index in [2.05, 4.69) is 25.5 Å². The van der Waals surface area contributed by atoms with Crippen molar-refractivity contribution < 1.29 is 22.8 Å². The second-order valence-electron chi connectivity index (χ2n) is 11.2. The number of pyridine rings is 1. The summed E-state index contributed by atoms with van der Waals surface area (Å²) >= 11 is 0. The smallest absolute Gasteiger partial charge is 0.307 e. The number of oxazole rings is 1. The summed E-state index contributed by atoms with van der Waals surface area (Å²) in [6, 6.07) is 8.84. The van der Waals surface area contributed by atoms with Crippen LogP contribution >= 0.6 is 0 Å². The Kier molecular flexibility index (Phi) is 7.35. The van der Waals surface area contributed by atoms with E-state index in [1.54, 1.807) is 6.20 Å². The molecule has 3 aromatic rings. The third kappa shape index (κ3) is 5.50. The van der Waals surface area contributed by atoms with Gasteiger partial charge in [-0.05, 0) is 56.4 Å². The van der Waals surface area contributed by atoms with Crippen LogP contribution in [0.1, 0.15) is 67.7 Å². The van der Waals surface area contributed by atoms with E-state index in [1.807, 2.05) is 18.2 Å². The molecule has 2 amide bonds. The second-order valence-corrected chi connectivity index (χ2v) is 11.2. The molecule has 40 heavy (non-hydrogen) atoms. The van der Waals surface area contributed by atoms with Crippen molar-refractivity contribution in [3.05, 3.63) is 72.0 Å².